The summed E-state index contributed by atoms with van der Waals surface area (Å²) >= 11 is 5.88. The van der Waals surface area contributed by atoms with Gasteiger partial charge in [-0.1, -0.05) is 24.4 Å². The summed E-state index contributed by atoms with van der Waals surface area (Å²) in [4.78, 5) is 23.2. The van der Waals surface area contributed by atoms with Gasteiger partial charge in [0.25, 0.3) is 0 Å². The van der Waals surface area contributed by atoms with Crippen LogP contribution in [-0.2, 0) is 0 Å². The summed E-state index contributed by atoms with van der Waals surface area (Å²) in [5.41, 5.74) is 10.9. The molecule has 1 saturated carbocycles. The number of anilines is 1. The van der Waals surface area contributed by atoms with Gasteiger partial charge in [-0.25, -0.2) is 8.78 Å². The molecular formula is C20H20ClF2N3O2. The lowest BCUT2D eigenvalue weighted by Crippen LogP contribution is -2.23. The van der Waals surface area contributed by atoms with Crippen LogP contribution in [0.1, 0.15) is 58.0 Å². The lowest BCUT2D eigenvalue weighted by atomic mass is 9.90. The van der Waals surface area contributed by atoms with Gasteiger partial charge in [-0.05, 0) is 49.1 Å². The molecule has 0 aliphatic heterocycles. The Morgan fingerprint density at radius 2 is 1.61 bits per heavy atom. The predicted molar refractivity (Wildman–Crippen MR) is 103 cm³/mol. The largest absolute Gasteiger partial charge is 0.378 e. The van der Waals surface area contributed by atoms with E-state index in [1.54, 1.807) is 0 Å². The summed E-state index contributed by atoms with van der Waals surface area (Å²) in [6.45, 7) is 0. The molecule has 1 fully saturated rings. The van der Waals surface area contributed by atoms with Gasteiger partial charge >= 0.3 is 0 Å². The minimum absolute atomic E-state index is 0.0447. The van der Waals surface area contributed by atoms with E-state index in [0.29, 0.717) is 5.69 Å². The lowest BCUT2D eigenvalue weighted by Gasteiger charge is -2.27. The molecule has 0 saturated heterocycles. The fourth-order valence-corrected chi connectivity index (χ4v) is 3.88. The second kappa shape index (κ2) is 8.14. The molecule has 2 amide bonds. The Hall–Kier alpha value is -2.67. The van der Waals surface area contributed by atoms with E-state index in [0.717, 1.165) is 31.7 Å². The van der Waals surface area contributed by atoms with Gasteiger partial charge in [0.2, 0.25) is 11.8 Å². The summed E-state index contributed by atoms with van der Waals surface area (Å²) in [6.07, 6.45) is 3.45. The summed E-state index contributed by atoms with van der Waals surface area (Å²) in [5.74, 6) is -3.08. The number of rotatable bonds is 6. The van der Waals surface area contributed by atoms with E-state index >= 15 is 0 Å². The second-order valence-corrected chi connectivity index (χ2v) is 7.36. The van der Waals surface area contributed by atoms with Crippen LogP contribution < -0.4 is 16.8 Å². The molecule has 5 N–H and O–H groups in total. The van der Waals surface area contributed by atoms with Crippen LogP contribution in [0.3, 0.4) is 0 Å². The van der Waals surface area contributed by atoms with E-state index in [2.05, 4.69) is 5.32 Å². The number of amides is 2. The monoisotopic (exact) mass is 407 g/mol. The van der Waals surface area contributed by atoms with E-state index < -0.39 is 29.5 Å². The highest BCUT2D eigenvalue weighted by Crippen LogP contribution is 2.41. The van der Waals surface area contributed by atoms with Crippen molar-refractivity contribution < 1.29 is 18.4 Å². The van der Waals surface area contributed by atoms with Crippen molar-refractivity contribution in [3.63, 3.8) is 0 Å². The Balaban J connectivity index is 2.08. The number of benzene rings is 2. The average molecular weight is 408 g/mol. The van der Waals surface area contributed by atoms with Crippen molar-refractivity contribution in [1.82, 2.24) is 0 Å². The van der Waals surface area contributed by atoms with Crippen LogP contribution in [-0.4, -0.2) is 11.8 Å². The molecule has 2 aromatic rings. The van der Waals surface area contributed by atoms with Gasteiger partial charge in [0.15, 0.2) is 0 Å². The maximum Gasteiger partial charge on any atom is 0.248 e. The zero-order valence-electron chi connectivity index (χ0n) is 15.0. The van der Waals surface area contributed by atoms with Crippen molar-refractivity contribution in [3.8, 4) is 0 Å². The first kappa shape index (κ1) is 20.1. The third-order valence-electron chi connectivity index (χ3n) is 5.09. The molecular weight excluding hydrogens is 388 g/mol. The van der Waals surface area contributed by atoms with Gasteiger partial charge < -0.3 is 16.8 Å². The second-order valence-electron chi connectivity index (χ2n) is 6.95. The van der Waals surface area contributed by atoms with Gasteiger partial charge in [0, 0.05) is 22.4 Å². The third kappa shape index (κ3) is 4.09. The molecule has 0 radical (unpaired) electrons. The zero-order chi connectivity index (χ0) is 20.4. The summed E-state index contributed by atoms with van der Waals surface area (Å²) in [7, 11) is 0. The highest BCUT2D eigenvalue weighted by Gasteiger charge is 2.31. The Morgan fingerprint density at radius 1 is 1.04 bits per heavy atom. The molecule has 1 aliphatic rings. The molecule has 0 bridgehead atoms. The molecule has 5 nitrogen and oxygen atoms in total. The number of nitrogens with one attached hydrogen (secondary N) is 1. The molecule has 0 spiro atoms. The van der Waals surface area contributed by atoms with Crippen LogP contribution in [0.5, 0.6) is 0 Å². The first-order valence-corrected chi connectivity index (χ1v) is 9.30. The summed E-state index contributed by atoms with van der Waals surface area (Å²) < 4.78 is 29.3. The number of nitrogens with two attached hydrogens (primary N) is 2. The van der Waals surface area contributed by atoms with E-state index in [4.69, 9.17) is 23.1 Å². The van der Waals surface area contributed by atoms with Crippen molar-refractivity contribution in [2.45, 2.75) is 31.7 Å². The van der Waals surface area contributed by atoms with E-state index in [1.165, 1.54) is 24.3 Å². The summed E-state index contributed by atoms with van der Waals surface area (Å²) in [5, 5.41) is 2.91. The van der Waals surface area contributed by atoms with Gasteiger partial charge in [-0.2, -0.15) is 0 Å². The maximum absolute atomic E-state index is 14.7. The highest BCUT2D eigenvalue weighted by molar-refractivity contribution is 6.30. The first-order valence-electron chi connectivity index (χ1n) is 8.92. The summed E-state index contributed by atoms with van der Waals surface area (Å²) in [6, 6.07) is 5.69. The molecule has 8 heteroatoms. The van der Waals surface area contributed by atoms with E-state index in [1.807, 2.05) is 0 Å². The predicted octanol–water partition coefficient (Wildman–Crippen LogP) is 4.16. The van der Waals surface area contributed by atoms with Gasteiger partial charge in [-0.3, -0.25) is 9.59 Å². The van der Waals surface area contributed by atoms with Crippen molar-refractivity contribution in [3.05, 3.63) is 63.7 Å². The Kier molecular flexibility index (Phi) is 5.84. The van der Waals surface area contributed by atoms with Crippen molar-refractivity contribution in [1.29, 1.82) is 0 Å². The van der Waals surface area contributed by atoms with Crippen LogP contribution in [0, 0.1) is 17.6 Å². The molecule has 0 unspecified atom stereocenters. The molecule has 148 valence electrons. The fraction of sp³-hybridized carbons (Fsp3) is 0.300. The van der Waals surface area contributed by atoms with Crippen LogP contribution in [0.15, 0.2) is 30.3 Å². The number of carbonyl (C=O) groups excluding carboxylic acids is 2. The van der Waals surface area contributed by atoms with E-state index in [-0.39, 0.29) is 27.6 Å². The van der Waals surface area contributed by atoms with Gasteiger partial charge in [-0.15, -0.1) is 0 Å². The smallest absolute Gasteiger partial charge is 0.248 e. The minimum Gasteiger partial charge on any atom is -0.378 e. The molecule has 3 rings (SSSR count). The number of primary amides is 2. The first-order chi connectivity index (χ1) is 13.3. The number of halogens is 3. The minimum atomic E-state index is -0.827. The Labute approximate surface area is 166 Å². The van der Waals surface area contributed by atoms with Crippen molar-refractivity contribution >= 4 is 29.1 Å². The molecule has 2 aromatic carbocycles. The van der Waals surface area contributed by atoms with Crippen LogP contribution in [0.2, 0.25) is 5.02 Å². The maximum atomic E-state index is 14.7. The Bertz CT molecular complexity index is 898. The third-order valence-corrected chi connectivity index (χ3v) is 5.38. The van der Waals surface area contributed by atoms with Crippen LogP contribution in [0.4, 0.5) is 14.5 Å². The standard InChI is InChI=1S/C20H20ClF2N3O2/c21-14-5-6-15(22)16(17(14)23)18(10-3-1-2-4-10)26-13-8-11(19(24)27)7-12(9-13)20(25)28/h5-10,18,26H,1-4H2,(H2,24,27)(H2,25,28)/t18-/m0/s1. The van der Waals surface area contributed by atoms with Crippen LogP contribution in [0.25, 0.3) is 0 Å². The lowest BCUT2D eigenvalue weighted by molar-refractivity contribution is 0.0999. The van der Waals surface area contributed by atoms with E-state index in [9.17, 15) is 18.4 Å². The number of carbonyl (C=O) groups is 2. The number of hydrogen-bond acceptors (Lipinski definition) is 3. The Morgan fingerprint density at radius 3 is 2.14 bits per heavy atom. The zero-order valence-corrected chi connectivity index (χ0v) is 15.7. The molecule has 28 heavy (non-hydrogen) atoms. The SMILES string of the molecule is NC(=O)c1cc(N[C@H](c2c(F)ccc(Cl)c2F)C2CCCC2)cc(C(N)=O)c1. The number of hydrogen-bond donors (Lipinski definition) is 3. The fourth-order valence-electron chi connectivity index (χ4n) is 3.72. The van der Waals surface area contributed by atoms with Crippen molar-refractivity contribution in [2.75, 3.05) is 5.32 Å². The molecule has 0 aromatic heterocycles. The molecule has 1 aliphatic carbocycles. The van der Waals surface area contributed by atoms with Crippen LogP contribution >= 0.6 is 11.6 Å². The normalized spacial score (nSPS) is 15.4. The topological polar surface area (TPSA) is 98.2 Å². The quantitative estimate of drug-likeness (QED) is 0.627. The van der Waals surface area contributed by atoms with Gasteiger partial charge in [0.1, 0.15) is 11.6 Å². The molecule has 0 heterocycles. The van der Waals surface area contributed by atoms with Crippen molar-refractivity contribution in [2.24, 2.45) is 17.4 Å². The average Bonchev–Trinajstić information content (AvgIpc) is 3.18. The van der Waals surface area contributed by atoms with Gasteiger partial charge in [0.05, 0.1) is 11.1 Å². The highest BCUT2D eigenvalue weighted by atomic mass is 35.5. The molecule has 1 atom stereocenters.